The summed E-state index contributed by atoms with van der Waals surface area (Å²) in [6.45, 7) is 9.00. The molecule has 0 amide bonds. The molecule has 0 rings (SSSR count). The average Bonchev–Trinajstić information content (AvgIpc) is 1.78. The zero-order valence-electron chi connectivity index (χ0n) is 2.91. The molecule has 42 valence electrons. The number of hydrogen-bond donors (Lipinski definition) is 0. The fourth-order valence-corrected chi connectivity index (χ4v) is 0. The first kappa shape index (κ1) is 15.6. The van der Waals surface area contributed by atoms with E-state index in [0.717, 1.165) is 0 Å². The Morgan fingerprint density at radius 2 is 1.00 bits per heavy atom. The molecule has 0 aromatic rings. The Kier molecular flexibility index (Phi) is 170. The summed E-state index contributed by atoms with van der Waals surface area (Å²) in [5.41, 5.74) is 0. The van der Waals surface area contributed by atoms with E-state index in [1.807, 2.05) is 0 Å². The summed E-state index contributed by atoms with van der Waals surface area (Å²) in [5.74, 6) is 0. The fourth-order valence-electron chi connectivity index (χ4n) is 0. The third kappa shape index (κ3) is 314. The predicted octanol–water partition coefficient (Wildman–Crippen LogP) is 1.30. The molecule has 0 aliphatic heterocycles. The van der Waals surface area contributed by atoms with Crippen LogP contribution in [0.4, 0.5) is 0 Å². The molecule has 0 radical (unpaired) electrons. The summed E-state index contributed by atoms with van der Waals surface area (Å²) in [7, 11) is 9.67. The molecule has 0 unspecified atom stereocenters. The van der Waals surface area contributed by atoms with Gasteiger partial charge in [-0.25, -0.2) is 0 Å². The Hall–Kier alpha value is 0.683. The van der Waals surface area contributed by atoms with Gasteiger partial charge in [0.1, 0.15) is 0 Å². The fraction of sp³-hybridized carbons (Fsp3) is 0. The van der Waals surface area contributed by atoms with Crippen LogP contribution in [0.25, 0.3) is 0 Å². The topological polar surface area (TPSA) is 39.8 Å². The first-order valence-corrected chi connectivity index (χ1v) is 4.88. The molecular formula is C2Cl2O2Rh+. The van der Waals surface area contributed by atoms with E-state index in [2.05, 4.69) is 13.3 Å². The third-order valence-electron chi connectivity index (χ3n) is 0. The molecule has 0 aliphatic carbocycles. The van der Waals surface area contributed by atoms with Gasteiger partial charge in [-0.1, -0.05) is 0 Å². The van der Waals surface area contributed by atoms with E-state index < -0.39 is 0 Å². The summed E-state index contributed by atoms with van der Waals surface area (Å²) >= 11 is -0.226. The van der Waals surface area contributed by atoms with Crippen molar-refractivity contribution in [3.05, 3.63) is 13.3 Å². The molecule has 0 aliphatic rings. The molecule has 2 nitrogen and oxygen atoms in total. The molecule has 0 fully saturated rings. The van der Waals surface area contributed by atoms with E-state index in [0.29, 0.717) is 0 Å². The van der Waals surface area contributed by atoms with Crippen LogP contribution in [0.15, 0.2) is 0 Å². The van der Waals surface area contributed by atoms with Crippen LogP contribution in [0, 0.1) is 13.3 Å². The van der Waals surface area contributed by atoms with Crippen LogP contribution >= 0.6 is 19.4 Å². The van der Waals surface area contributed by atoms with Gasteiger partial charge in [-0.3, -0.25) is 0 Å². The zero-order chi connectivity index (χ0) is 6.71. The van der Waals surface area contributed by atoms with Gasteiger partial charge in [-0.05, 0) is 0 Å². The van der Waals surface area contributed by atoms with Crippen molar-refractivity contribution in [1.29, 1.82) is 0 Å². The van der Waals surface area contributed by atoms with Crippen molar-refractivity contribution in [3.63, 3.8) is 0 Å². The molecule has 0 bridgehead atoms. The normalized spacial score (nSPS) is 3.71. The first-order chi connectivity index (χ1) is 3.41. The van der Waals surface area contributed by atoms with Gasteiger partial charge in [0.05, 0.1) is 0 Å². The van der Waals surface area contributed by atoms with Gasteiger partial charge in [0, 0.05) is 0 Å². The summed E-state index contributed by atoms with van der Waals surface area (Å²) in [6.07, 6.45) is 0. The van der Waals surface area contributed by atoms with E-state index >= 15 is 0 Å². The van der Waals surface area contributed by atoms with Gasteiger partial charge in [0.25, 0.3) is 0 Å². The van der Waals surface area contributed by atoms with Crippen molar-refractivity contribution >= 4 is 19.4 Å². The molecule has 0 aromatic carbocycles. The van der Waals surface area contributed by atoms with Crippen LogP contribution in [-0.2, 0) is 24.4 Å². The second kappa shape index (κ2) is 76.2. The Bertz CT molecular complexity index is 37.4. The summed E-state index contributed by atoms with van der Waals surface area (Å²) in [6, 6.07) is 0. The van der Waals surface area contributed by atoms with Crippen molar-refractivity contribution in [2.45, 2.75) is 0 Å². The molecule has 0 saturated carbocycles. The molecule has 7 heavy (non-hydrogen) atoms. The Morgan fingerprint density at radius 3 is 1.00 bits per heavy atom. The van der Waals surface area contributed by atoms with Crippen LogP contribution in [0.2, 0.25) is 0 Å². The van der Waals surface area contributed by atoms with Crippen molar-refractivity contribution in [2.24, 2.45) is 0 Å². The standard InChI is InChI=1S/2CO.2ClH.Rh/c2*1-2;;;/h;;2*1H;/q;;;;+3/p-2. The third-order valence-corrected chi connectivity index (χ3v) is 0. The van der Waals surface area contributed by atoms with Gasteiger partial charge < -0.3 is 0 Å². The van der Waals surface area contributed by atoms with Crippen LogP contribution < -0.4 is 0 Å². The van der Waals surface area contributed by atoms with Crippen LogP contribution in [0.3, 0.4) is 0 Å². The molecule has 0 saturated heterocycles. The summed E-state index contributed by atoms with van der Waals surface area (Å²) < 4.78 is 15.0. The quantitative estimate of drug-likeness (QED) is 0.342. The Labute approximate surface area is 57.3 Å². The minimum absolute atomic E-state index is 0.226. The summed E-state index contributed by atoms with van der Waals surface area (Å²) in [5, 5.41) is 0. The van der Waals surface area contributed by atoms with Gasteiger partial charge in [-0.2, -0.15) is 0 Å². The van der Waals surface area contributed by atoms with Gasteiger partial charge >= 0.3 is 57.1 Å². The molecular weight excluding hydrogens is 230 g/mol. The van der Waals surface area contributed by atoms with Crippen molar-refractivity contribution in [2.75, 3.05) is 0 Å². The molecule has 0 spiro atoms. The van der Waals surface area contributed by atoms with E-state index in [4.69, 9.17) is 28.7 Å². The number of halogens is 2. The number of rotatable bonds is 0. The number of hydrogen-bond acceptors (Lipinski definition) is 0. The second-order valence-corrected chi connectivity index (χ2v) is 2.54. The maximum atomic E-state index is 7.50. The first-order valence-electron chi connectivity index (χ1n) is 0.660. The Balaban J connectivity index is -0.0000000360. The SMILES string of the molecule is [C-]#[O+].[C-]#[O+].[Cl][Rh+][Cl]. The Morgan fingerprint density at radius 1 is 1.00 bits per heavy atom. The van der Waals surface area contributed by atoms with Gasteiger partial charge in [0.2, 0.25) is 0 Å². The van der Waals surface area contributed by atoms with Gasteiger partial charge in [0.15, 0.2) is 0 Å². The van der Waals surface area contributed by atoms with Gasteiger partial charge in [-0.15, -0.1) is 0 Å². The van der Waals surface area contributed by atoms with E-state index in [1.165, 1.54) is 0 Å². The van der Waals surface area contributed by atoms with Crippen LogP contribution in [0.5, 0.6) is 0 Å². The monoisotopic (exact) mass is 229 g/mol. The van der Waals surface area contributed by atoms with Crippen LogP contribution in [0.1, 0.15) is 0 Å². The van der Waals surface area contributed by atoms with Crippen molar-refractivity contribution in [1.82, 2.24) is 0 Å². The van der Waals surface area contributed by atoms with Crippen molar-refractivity contribution < 1.29 is 24.4 Å². The minimum atomic E-state index is -0.226. The van der Waals surface area contributed by atoms with E-state index in [-0.39, 0.29) is 15.1 Å². The molecule has 0 heterocycles. The second-order valence-electron chi connectivity index (χ2n) is 0.0476. The predicted molar refractivity (Wildman–Crippen MR) is 19.6 cm³/mol. The maximum absolute atomic E-state index is 7.50. The molecule has 0 atom stereocenters. The van der Waals surface area contributed by atoms with Crippen molar-refractivity contribution in [3.8, 4) is 0 Å². The molecule has 0 N–H and O–H groups in total. The van der Waals surface area contributed by atoms with Crippen LogP contribution in [-0.4, -0.2) is 0 Å². The summed E-state index contributed by atoms with van der Waals surface area (Å²) in [4.78, 5) is 0. The molecule has 5 heteroatoms. The average molecular weight is 230 g/mol. The van der Waals surface area contributed by atoms with E-state index in [1.54, 1.807) is 0 Å². The zero-order valence-corrected chi connectivity index (χ0v) is 6.06. The molecule has 0 aromatic heterocycles. The van der Waals surface area contributed by atoms with E-state index in [9.17, 15) is 0 Å².